The average molecular weight is 185 g/mol. The summed E-state index contributed by atoms with van der Waals surface area (Å²) in [5.74, 6) is 0.0388. The highest BCUT2D eigenvalue weighted by molar-refractivity contribution is 5.77. The highest BCUT2D eigenvalue weighted by Gasteiger charge is 2.14. The predicted octanol–water partition coefficient (Wildman–Crippen LogP) is 0.111. The van der Waals surface area contributed by atoms with Crippen LogP contribution in [0.5, 0.6) is 0 Å². The molecule has 0 spiro atoms. The van der Waals surface area contributed by atoms with Crippen LogP contribution in [0.3, 0.4) is 0 Å². The Balaban J connectivity index is 2.07. The van der Waals surface area contributed by atoms with Gasteiger partial charge in [0, 0.05) is 20.1 Å². The Morgan fingerprint density at radius 3 is 2.54 bits per heavy atom. The van der Waals surface area contributed by atoms with Crippen molar-refractivity contribution in [3.63, 3.8) is 0 Å². The van der Waals surface area contributed by atoms with Crippen molar-refractivity contribution in [2.75, 3.05) is 20.6 Å². The zero-order valence-corrected chi connectivity index (χ0v) is 8.47. The topological polar surface area (TPSA) is 44.4 Å². The Morgan fingerprint density at radius 2 is 2.00 bits per heavy atom. The molecule has 2 N–H and O–H groups in total. The quantitative estimate of drug-likeness (QED) is 0.611. The second-order valence-corrected chi connectivity index (χ2v) is 3.79. The van der Waals surface area contributed by atoms with Gasteiger partial charge < -0.3 is 5.32 Å². The lowest BCUT2D eigenvalue weighted by Crippen LogP contribution is -2.43. The van der Waals surface area contributed by atoms with Gasteiger partial charge in [-0.2, -0.15) is 0 Å². The molecule has 0 aromatic rings. The SMILES string of the molecule is CN(C)NC(=O)CNC1CCCC1. The smallest absolute Gasteiger partial charge is 0.248 e. The molecule has 1 saturated carbocycles. The maximum Gasteiger partial charge on any atom is 0.248 e. The number of amides is 1. The molecular weight excluding hydrogens is 166 g/mol. The van der Waals surface area contributed by atoms with E-state index in [9.17, 15) is 4.79 Å². The number of nitrogens with one attached hydrogen (secondary N) is 2. The monoisotopic (exact) mass is 185 g/mol. The molecule has 1 fully saturated rings. The largest absolute Gasteiger partial charge is 0.306 e. The fourth-order valence-electron chi connectivity index (χ4n) is 1.66. The second-order valence-electron chi connectivity index (χ2n) is 3.79. The van der Waals surface area contributed by atoms with Crippen LogP contribution in [0.4, 0.5) is 0 Å². The standard InChI is InChI=1S/C9H19N3O/c1-12(2)11-9(13)7-10-8-5-3-4-6-8/h8,10H,3-7H2,1-2H3,(H,11,13). The Hall–Kier alpha value is -0.610. The van der Waals surface area contributed by atoms with Gasteiger partial charge in [0.1, 0.15) is 0 Å². The summed E-state index contributed by atoms with van der Waals surface area (Å²) in [5.41, 5.74) is 2.70. The van der Waals surface area contributed by atoms with Crippen molar-refractivity contribution in [1.29, 1.82) is 0 Å². The molecule has 0 aromatic carbocycles. The van der Waals surface area contributed by atoms with E-state index in [4.69, 9.17) is 0 Å². The van der Waals surface area contributed by atoms with E-state index in [1.165, 1.54) is 25.7 Å². The fraction of sp³-hybridized carbons (Fsp3) is 0.889. The number of hydrogen-bond acceptors (Lipinski definition) is 3. The van der Waals surface area contributed by atoms with E-state index in [0.717, 1.165) is 0 Å². The van der Waals surface area contributed by atoms with Crippen LogP contribution in [0.2, 0.25) is 0 Å². The van der Waals surface area contributed by atoms with Crippen molar-refractivity contribution in [3.05, 3.63) is 0 Å². The van der Waals surface area contributed by atoms with E-state index in [2.05, 4.69) is 10.7 Å². The number of carbonyl (C=O) groups excluding carboxylic acids is 1. The molecule has 1 aliphatic carbocycles. The Morgan fingerprint density at radius 1 is 1.38 bits per heavy atom. The van der Waals surface area contributed by atoms with Crippen LogP contribution in [0, 0.1) is 0 Å². The first-order chi connectivity index (χ1) is 6.18. The van der Waals surface area contributed by atoms with Gasteiger partial charge in [0.2, 0.25) is 5.91 Å². The van der Waals surface area contributed by atoms with Gasteiger partial charge in [-0.25, -0.2) is 5.01 Å². The number of nitrogens with zero attached hydrogens (tertiary/aromatic N) is 1. The van der Waals surface area contributed by atoms with Crippen molar-refractivity contribution in [3.8, 4) is 0 Å². The third-order valence-corrected chi connectivity index (χ3v) is 2.25. The van der Waals surface area contributed by atoms with Crippen molar-refractivity contribution < 1.29 is 4.79 Å². The molecule has 0 bridgehead atoms. The van der Waals surface area contributed by atoms with Gasteiger partial charge in [-0.3, -0.25) is 10.2 Å². The first kappa shape index (κ1) is 10.5. The number of hydrogen-bond donors (Lipinski definition) is 2. The van der Waals surface area contributed by atoms with Gasteiger partial charge in [0.25, 0.3) is 0 Å². The second kappa shape index (κ2) is 5.19. The van der Waals surface area contributed by atoms with Crippen molar-refractivity contribution in [2.45, 2.75) is 31.7 Å². The third-order valence-electron chi connectivity index (χ3n) is 2.25. The maximum atomic E-state index is 11.2. The number of hydrazine groups is 1. The van der Waals surface area contributed by atoms with Gasteiger partial charge in [0.05, 0.1) is 6.54 Å². The number of rotatable bonds is 4. The Kier molecular flexibility index (Phi) is 4.18. The Bertz CT molecular complexity index is 164. The highest BCUT2D eigenvalue weighted by atomic mass is 16.2. The van der Waals surface area contributed by atoms with Gasteiger partial charge in [0.15, 0.2) is 0 Å². The maximum absolute atomic E-state index is 11.2. The molecule has 4 heteroatoms. The zero-order valence-electron chi connectivity index (χ0n) is 8.47. The van der Waals surface area contributed by atoms with Crippen LogP contribution in [-0.2, 0) is 4.79 Å². The normalized spacial score (nSPS) is 18.1. The molecule has 1 aliphatic rings. The first-order valence-electron chi connectivity index (χ1n) is 4.88. The lowest BCUT2D eigenvalue weighted by atomic mass is 10.2. The minimum atomic E-state index is 0.0388. The van der Waals surface area contributed by atoms with Crippen molar-refractivity contribution in [1.82, 2.24) is 15.8 Å². The summed E-state index contributed by atoms with van der Waals surface area (Å²) < 4.78 is 0. The lowest BCUT2D eigenvalue weighted by molar-refractivity contribution is -0.124. The summed E-state index contributed by atoms with van der Waals surface area (Å²) in [7, 11) is 3.63. The van der Waals surface area contributed by atoms with Crippen molar-refractivity contribution >= 4 is 5.91 Å². The van der Waals surface area contributed by atoms with Crippen LogP contribution < -0.4 is 10.7 Å². The Labute approximate surface area is 79.6 Å². The summed E-state index contributed by atoms with van der Waals surface area (Å²) in [6.07, 6.45) is 5.03. The molecule has 0 radical (unpaired) electrons. The van der Waals surface area contributed by atoms with E-state index in [1.54, 1.807) is 5.01 Å². The van der Waals surface area contributed by atoms with E-state index >= 15 is 0 Å². The molecule has 1 amide bonds. The molecule has 0 heterocycles. The van der Waals surface area contributed by atoms with Crippen molar-refractivity contribution in [2.24, 2.45) is 0 Å². The van der Waals surface area contributed by atoms with Crippen LogP contribution in [0.15, 0.2) is 0 Å². The molecule has 0 aliphatic heterocycles. The van der Waals surface area contributed by atoms with E-state index in [0.29, 0.717) is 12.6 Å². The van der Waals surface area contributed by atoms with E-state index < -0.39 is 0 Å². The molecule has 4 nitrogen and oxygen atoms in total. The number of carbonyl (C=O) groups is 1. The molecular formula is C9H19N3O. The summed E-state index contributed by atoms with van der Waals surface area (Å²) >= 11 is 0. The van der Waals surface area contributed by atoms with Crippen LogP contribution in [0.1, 0.15) is 25.7 Å². The minimum absolute atomic E-state index is 0.0388. The molecule has 1 rings (SSSR count). The zero-order chi connectivity index (χ0) is 9.68. The molecule has 0 unspecified atom stereocenters. The van der Waals surface area contributed by atoms with E-state index in [1.807, 2.05) is 14.1 Å². The highest BCUT2D eigenvalue weighted by Crippen LogP contribution is 2.16. The average Bonchev–Trinajstić information content (AvgIpc) is 2.51. The first-order valence-corrected chi connectivity index (χ1v) is 4.88. The summed E-state index contributed by atoms with van der Waals surface area (Å²) in [6, 6.07) is 0.563. The van der Waals surface area contributed by atoms with Gasteiger partial charge in [-0.1, -0.05) is 12.8 Å². The lowest BCUT2D eigenvalue weighted by Gasteiger charge is -2.14. The minimum Gasteiger partial charge on any atom is -0.306 e. The summed E-state index contributed by atoms with van der Waals surface area (Å²) in [5, 5.41) is 4.91. The molecule has 0 saturated heterocycles. The van der Waals surface area contributed by atoms with Crippen LogP contribution >= 0.6 is 0 Å². The van der Waals surface area contributed by atoms with Gasteiger partial charge in [-0.15, -0.1) is 0 Å². The molecule has 76 valence electrons. The third kappa shape index (κ3) is 4.24. The summed E-state index contributed by atoms with van der Waals surface area (Å²) in [6.45, 7) is 0.433. The predicted molar refractivity (Wildman–Crippen MR) is 52.1 cm³/mol. The molecule has 0 aromatic heterocycles. The fourth-order valence-corrected chi connectivity index (χ4v) is 1.66. The van der Waals surface area contributed by atoms with Crippen LogP contribution in [0.25, 0.3) is 0 Å². The van der Waals surface area contributed by atoms with Crippen LogP contribution in [-0.4, -0.2) is 37.6 Å². The van der Waals surface area contributed by atoms with E-state index in [-0.39, 0.29) is 5.91 Å². The van der Waals surface area contributed by atoms with Gasteiger partial charge in [-0.05, 0) is 12.8 Å². The van der Waals surface area contributed by atoms with Gasteiger partial charge >= 0.3 is 0 Å². The molecule has 13 heavy (non-hydrogen) atoms. The molecule has 0 atom stereocenters. The summed E-state index contributed by atoms with van der Waals surface area (Å²) in [4.78, 5) is 11.2.